The fourth-order valence-electron chi connectivity index (χ4n) is 2.25. The van der Waals surface area contributed by atoms with Crippen LogP contribution in [0.5, 0.6) is 0 Å². The summed E-state index contributed by atoms with van der Waals surface area (Å²) >= 11 is 1.71. The van der Waals surface area contributed by atoms with Crippen LogP contribution in [0.15, 0.2) is 41.1 Å². The lowest BCUT2D eigenvalue weighted by Gasteiger charge is -2.38. The number of likely N-dealkylation sites (N-methyl/N-ethyl adjacent to an activating group) is 1. The van der Waals surface area contributed by atoms with Gasteiger partial charge in [-0.25, -0.2) is 4.39 Å². The minimum Gasteiger partial charge on any atom is -0.329 e. The Bertz CT molecular complexity index is 524. The number of nitrogens with two attached hydrogens (primary N) is 1. The van der Waals surface area contributed by atoms with E-state index in [1.165, 1.54) is 17.7 Å². The number of rotatable bonds is 6. The number of halogens is 1. The summed E-state index contributed by atoms with van der Waals surface area (Å²) in [6.07, 6.45) is 0.810. The van der Waals surface area contributed by atoms with Gasteiger partial charge in [0, 0.05) is 18.6 Å². The maximum absolute atomic E-state index is 13.0. The van der Waals surface area contributed by atoms with E-state index in [0.717, 1.165) is 18.5 Å². The molecule has 1 heterocycles. The quantitative estimate of drug-likeness (QED) is 0.885. The van der Waals surface area contributed by atoms with Gasteiger partial charge in [0.2, 0.25) is 0 Å². The van der Waals surface area contributed by atoms with Crippen LogP contribution in [0.2, 0.25) is 0 Å². The topological polar surface area (TPSA) is 29.3 Å². The SMILES string of the molecule is CN(Cc1ccsc1)C(C)(CN)Cc1ccc(F)cc1. The lowest BCUT2D eigenvalue weighted by Crippen LogP contribution is -2.50. The molecule has 1 atom stereocenters. The van der Waals surface area contributed by atoms with Crippen LogP contribution in [0, 0.1) is 5.82 Å². The van der Waals surface area contributed by atoms with Crippen molar-refractivity contribution < 1.29 is 4.39 Å². The number of hydrogen-bond acceptors (Lipinski definition) is 3. The normalized spacial score (nSPS) is 14.4. The average Bonchev–Trinajstić information content (AvgIpc) is 2.94. The van der Waals surface area contributed by atoms with Gasteiger partial charge >= 0.3 is 0 Å². The zero-order chi connectivity index (χ0) is 14.6. The second kappa shape index (κ2) is 6.48. The molecule has 0 aliphatic heterocycles. The van der Waals surface area contributed by atoms with Crippen molar-refractivity contribution in [3.8, 4) is 0 Å². The molecule has 20 heavy (non-hydrogen) atoms. The van der Waals surface area contributed by atoms with E-state index in [0.29, 0.717) is 6.54 Å². The van der Waals surface area contributed by atoms with Gasteiger partial charge < -0.3 is 5.73 Å². The van der Waals surface area contributed by atoms with Crippen LogP contribution in [-0.4, -0.2) is 24.0 Å². The Morgan fingerprint density at radius 2 is 1.90 bits per heavy atom. The molecule has 0 spiro atoms. The molecule has 1 aromatic heterocycles. The molecule has 0 saturated heterocycles. The zero-order valence-corrected chi connectivity index (χ0v) is 12.8. The Morgan fingerprint density at radius 3 is 2.45 bits per heavy atom. The first-order valence-electron chi connectivity index (χ1n) is 6.70. The molecule has 2 nitrogen and oxygen atoms in total. The fraction of sp³-hybridized carbons (Fsp3) is 0.375. The highest BCUT2D eigenvalue weighted by atomic mass is 32.1. The maximum atomic E-state index is 13.0. The molecule has 1 aromatic carbocycles. The smallest absolute Gasteiger partial charge is 0.123 e. The zero-order valence-electron chi connectivity index (χ0n) is 12.0. The van der Waals surface area contributed by atoms with Gasteiger partial charge in [-0.1, -0.05) is 12.1 Å². The van der Waals surface area contributed by atoms with Crippen LogP contribution in [-0.2, 0) is 13.0 Å². The molecule has 2 N–H and O–H groups in total. The first kappa shape index (κ1) is 15.2. The van der Waals surface area contributed by atoms with E-state index < -0.39 is 0 Å². The average molecular weight is 292 g/mol. The minimum atomic E-state index is -0.199. The Hall–Kier alpha value is -1.23. The Balaban J connectivity index is 2.09. The van der Waals surface area contributed by atoms with Crippen LogP contribution >= 0.6 is 11.3 Å². The highest BCUT2D eigenvalue weighted by Crippen LogP contribution is 2.22. The summed E-state index contributed by atoms with van der Waals surface area (Å²) in [5.74, 6) is -0.199. The third-order valence-electron chi connectivity index (χ3n) is 3.86. The monoisotopic (exact) mass is 292 g/mol. The van der Waals surface area contributed by atoms with Crippen LogP contribution < -0.4 is 5.73 Å². The summed E-state index contributed by atoms with van der Waals surface area (Å²) in [6, 6.07) is 8.82. The van der Waals surface area contributed by atoms with Crippen LogP contribution in [0.4, 0.5) is 4.39 Å². The Labute approximate surface area is 124 Å². The first-order valence-corrected chi connectivity index (χ1v) is 7.64. The van der Waals surface area contributed by atoms with Gasteiger partial charge in [-0.05, 0) is 60.5 Å². The lowest BCUT2D eigenvalue weighted by atomic mass is 9.91. The van der Waals surface area contributed by atoms with Crippen molar-refractivity contribution in [1.29, 1.82) is 0 Å². The van der Waals surface area contributed by atoms with Crippen LogP contribution in [0.1, 0.15) is 18.1 Å². The second-order valence-corrected chi connectivity index (χ2v) is 6.27. The van der Waals surface area contributed by atoms with Crippen molar-refractivity contribution in [1.82, 2.24) is 4.90 Å². The van der Waals surface area contributed by atoms with Crippen molar-refractivity contribution in [2.45, 2.75) is 25.4 Å². The van der Waals surface area contributed by atoms with Crippen molar-refractivity contribution in [3.05, 3.63) is 58.0 Å². The molecular weight excluding hydrogens is 271 g/mol. The molecule has 2 aromatic rings. The molecule has 0 bridgehead atoms. The third-order valence-corrected chi connectivity index (χ3v) is 4.59. The van der Waals surface area contributed by atoms with Gasteiger partial charge in [0.1, 0.15) is 5.82 Å². The van der Waals surface area contributed by atoms with E-state index in [2.05, 4.69) is 35.7 Å². The Kier molecular flexibility index (Phi) is 4.91. The highest BCUT2D eigenvalue weighted by molar-refractivity contribution is 7.07. The molecule has 0 fully saturated rings. The van der Waals surface area contributed by atoms with E-state index in [-0.39, 0.29) is 11.4 Å². The molecule has 4 heteroatoms. The standard InChI is InChI=1S/C16H21FN2S/c1-16(12-18,9-13-3-5-15(17)6-4-13)19(2)10-14-7-8-20-11-14/h3-8,11H,9-10,12,18H2,1-2H3. The van der Waals surface area contributed by atoms with Crippen molar-refractivity contribution >= 4 is 11.3 Å². The minimum absolute atomic E-state index is 0.139. The number of hydrogen-bond donors (Lipinski definition) is 1. The molecule has 0 amide bonds. The molecule has 108 valence electrons. The molecule has 0 radical (unpaired) electrons. The van der Waals surface area contributed by atoms with Gasteiger partial charge in [-0.2, -0.15) is 11.3 Å². The van der Waals surface area contributed by atoms with E-state index in [9.17, 15) is 4.39 Å². The molecule has 0 aliphatic carbocycles. The third kappa shape index (κ3) is 3.66. The van der Waals surface area contributed by atoms with Gasteiger partial charge in [0.15, 0.2) is 0 Å². The predicted molar refractivity (Wildman–Crippen MR) is 83.3 cm³/mol. The van der Waals surface area contributed by atoms with Gasteiger partial charge in [0.05, 0.1) is 0 Å². The molecular formula is C16H21FN2S. The summed E-state index contributed by atoms with van der Waals surface area (Å²) in [5, 5.41) is 4.24. The summed E-state index contributed by atoms with van der Waals surface area (Å²) in [4.78, 5) is 2.28. The number of nitrogens with zero attached hydrogens (tertiary/aromatic N) is 1. The molecule has 2 rings (SSSR count). The first-order chi connectivity index (χ1) is 9.53. The summed E-state index contributed by atoms with van der Waals surface area (Å²) in [5.41, 5.74) is 8.27. The molecule has 0 aliphatic rings. The van der Waals surface area contributed by atoms with Crippen molar-refractivity contribution in [2.75, 3.05) is 13.6 Å². The van der Waals surface area contributed by atoms with Crippen molar-refractivity contribution in [2.24, 2.45) is 5.73 Å². The van der Waals surface area contributed by atoms with E-state index in [1.54, 1.807) is 11.3 Å². The van der Waals surface area contributed by atoms with E-state index in [1.807, 2.05) is 12.1 Å². The lowest BCUT2D eigenvalue weighted by molar-refractivity contribution is 0.136. The van der Waals surface area contributed by atoms with Gasteiger partial charge in [0.25, 0.3) is 0 Å². The van der Waals surface area contributed by atoms with E-state index >= 15 is 0 Å². The number of thiophene rings is 1. The Morgan fingerprint density at radius 1 is 1.20 bits per heavy atom. The number of benzene rings is 1. The van der Waals surface area contributed by atoms with Crippen LogP contribution in [0.3, 0.4) is 0 Å². The highest BCUT2D eigenvalue weighted by Gasteiger charge is 2.28. The summed E-state index contributed by atoms with van der Waals surface area (Å²) in [6.45, 7) is 3.59. The van der Waals surface area contributed by atoms with Gasteiger partial charge in [-0.3, -0.25) is 4.90 Å². The largest absolute Gasteiger partial charge is 0.329 e. The van der Waals surface area contributed by atoms with Gasteiger partial charge in [-0.15, -0.1) is 0 Å². The van der Waals surface area contributed by atoms with Crippen molar-refractivity contribution in [3.63, 3.8) is 0 Å². The summed E-state index contributed by atoms with van der Waals surface area (Å²) < 4.78 is 13.0. The fourth-order valence-corrected chi connectivity index (χ4v) is 2.91. The van der Waals surface area contributed by atoms with E-state index in [4.69, 9.17) is 5.73 Å². The second-order valence-electron chi connectivity index (χ2n) is 5.49. The van der Waals surface area contributed by atoms with Crippen LogP contribution in [0.25, 0.3) is 0 Å². The predicted octanol–water partition coefficient (Wildman–Crippen LogP) is 3.28. The molecule has 1 unspecified atom stereocenters. The molecule has 0 saturated carbocycles. The maximum Gasteiger partial charge on any atom is 0.123 e. The summed E-state index contributed by atoms with van der Waals surface area (Å²) in [7, 11) is 2.09.